The predicted molar refractivity (Wildman–Crippen MR) is 60.9 cm³/mol. The Morgan fingerprint density at radius 1 is 1.33 bits per heavy atom. The van der Waals surface area contributed by atoms with Gasteiger partial charge in [0.2, 0.25) is 0 Å². The first-order valence-electron chi connectivity index (χ1n) is 5.81. The molecule has 0 aliphatic carbocycles. The van der Waals surface area contributed by atoms with Gasteiger partial charge in [-0.1, -0.05) is 20.8 Å². The van der Waals surface area contributed by atoms with Crippen molar-refractivity contribution in [2.45, 2.75) is 46.1 Å². The average molecular weight is 205 g/mol. The summed E-state index contributed by atoms with van der Waals surface area (Å²) in [5.41, 5.74) is 3.87. The molecule has 0 unspecified atom stereocenters. The molecule has 1 aliphatic heterocycles. The van der Waals surface area contributed by atoms with E-state index in [0.717, 1.165) is 31.8 Å². The molecule has 2 heterocycles. The van der Waals surface area contributed by atoms with Crippen molar-refractivity contribution in [1.29, 1.82) is 0 Å². The smallest absolute Gasteiger partial charge is 0.128 e. The summed E-state index contributed by atoms with van der Waals surface area (Å²) in [6, 6.07) is 0. The molecule has 1 aromatic heterocycles. The third kappa shape index (κ3) is 2.02. The number of hydrogen-bond acceptors (Lipinski definition) is 3. The van der Waals surface area contributed by atoms with Crippen molar-refractivity contribution < 1.29 is 0 Å². The van der Waals surface area contributed by atoms with Crippen LogP contribution >= 0.6 is 0 Å². The Morgan fingerprint density at radius 2 is 2.13 bits per heavy atom. The third-order valence-electron chi connectivity index (χ3n) is 2.88. The minimum atomic E-state index is 0.505. The molecule has 1 N–H and O–H groups in total. The maximum Gasteiger partial charge on any atom is 0.128 e. The lowest BCUT2D eigenvalue weighted by molar-refractivity contribution is 0.600. The fraction of sp³-hybridized carbons (Fsp3) is 0.667. The van der Waals surface area contributed by atoms with Crippen molar-refractivity contribution in [2.75, 3.05) is 6.54 Å². The zero-order valence-electron chi connectivity index (χ0n) is 9.80. The Labute approximate surface area is 91.3 Å². The van der Waals surface area contributed by atoms with Crippen LogP contribution in [0.1, 0.15) is 49.5 Å². The highest BCUT2D eigenvalue weighted by atomic mass is 15.0. The van der Waals surface area contributed by atoms with E-state index >= 15 is 0 Å². The molecule has 0 radical (unpaired) electrons. The monoisotopic (exact) mass is 205 g/mol. The minimum absolute atomic E-state index is 0.505. The molecule has 0 saturated carbocycles. The number of fused-ring (bicyclic) bond motifs is 1. The number of nitrogens with one attached hydrogen (secondary N) is 1. The number of aromatic nitrogens is 2. The Morgan fingerprint density at radius 3 is 2.80 bits per heavy atom. The van der Waals surface area contributed by atoms with Crippen LogP contribution in [0.4, 0.5) is 0 Å². The molecule has 3 heteroatoms. The van der Waals surface area contributed by atoms with E-state index in [4.69, 9.17) is 0 Å². The molecular weight excluding hydrogens is 186 g/mol. The summed E-state index contributed by atoms with van der Waals surface area (Å²) in [5, 5.41) is 3.37. The van der Waals surface area contributed by atoms with Gasteiger partial charge in [0.05, 0.1) is 11.4 Å². The lowest BCUT2D eigenvalue weighted by Gasteiger charge is -2.21. The molecule has 0 saturated heterocycles. The maximum atomic E-state index is 4.67. The molecule has 0 atom stereocenters. The topological polar surface area (TPSA) is 37.8 Å². The summed E-state index contributed by atoms with van der Waals surface area (Å²) in [6.45, 7) is 8.50. The second-order valence-electron chi connectivity index (χ2n) is 4.39. The summed E-state index contributed by atoms with van der Waals surface area (Å²) in [5.74, 6) is 1.49. The summed E-state index contributed by atoms with van der Waals surface area (Å²) in [7, 11) is 0. The fourth-order valence-corrected chi connectivity index (χ4v) is 2.08. The lowest BCUT2D eigenvalue weighted by atomic mass is 9.97. The van der Waals surface area contributed by atoms with Crippen molar-refractivity contribution in [1.82, 2.24) is 15.3 Å². The van der Waals surface area contributed by atoms with E-state index in [1.165, 1.54) is 17.0 Å². The molecule has 2 rings (SSSR count). The van der Waals surface area contributed by atoms with Crippen molar-refractivity contribution >= 4 is 0 Å². The second kappa shape index (κ2) is 4.27. The zero-order valence-corrected chi connectivity index (χ0v) is 9.80. The maximum absolute atomic E-state index is 4.67. The standard InChI is InChI=1S/C12H19N3/c1-4-11-14-10-7-13-6-5-9(10)12(15-11)8(2)3/h8,13H,4-7H2,1-3H3. The van der Waals surface area contributed by atoms with E-state index in [1.54, 1.807) is 0 Å². The van der Waals surface area contributed by atoms with Crippen LogP contribution in [-0.2, 0) is 19.4 Å². The van der Waals surface area contributed by atoms with Gasteiger partial charge < -0.3 is 5.32 Å². The first-order valence-corrected chi connectivity index (χ1v) is 5.81. The predicted octanol–water partition coefficient (Wildman–Crippen LogP) is 1.81. The average Bonchev–Trinajstić information content (AvgIpc) is 2.27. The van der Waals surface area contributed by atoms with Crippen molar-refractivity contribution in [2.24, 2.45) is 0 Å². The van der Waals surface area contributed by atoms with Crippen LogP contribution < -0.4 is 5.32 Å². The second-order valence-corrected chi connectivity index (χ2v) is 4.39. The van der Waals surface area contributed by atoms with Gasteiger partial charge in [0.25, 0.3) is 0 Å². The lowest BCUT2D eigenvalue weighted by Crippen LogP contribution is -2.27. The molecule has 82 valence electrons. The fourth-order valence-electron chi connectivity index (χ4n) is 2.08. The van der Waals surface area contributed by atoms with E-state index in [0.29, 0.717) is 5.92 Å². The van der Waals surface area contributed by atoms with Crippen molar-refractivity contribution in [3.05, 3.63) is 22.8 Å². The first kappa shape index (κ1) is 10.6. The van der Waals surface area contributed by atoms with Gasteiger partial charge in [-0.3, -0.25) is 0 Å². The molecule has 15 heavy (non-hydrogen) atoms. The number of nitrogens with zero attached hydrogens (tertiary/aromatic N) is 2. The van der Waals surface area contributed by atoms with Crippen LogP contribution in [0.25, 0.3) is 0 Å². The molecular formula is C12H19N3. The van der Waals surface area contributed by atoms with Crippen LogP contribution in [0.15, 0.2) is 0 Å². The Bertz CT molecular complexity index is 358. The molecule has 0 bridgehead atoms. The van der Waals surface area contributed by atoms with Gasteiger partial charge in [-0.2, -0.15) is 0 Å². The SMILES string of the molecule is CCc1nc2c(c(C(C)C)n1)CCNC2. The minimum Gasteiger partial charge on any atom is -0.311 e. The Kier molecular flexibility index (Phi) is 3.00. The summed E-state index contributed by atoms with van der Waals surface area (Å²) in [4.78, 5) is 9.27. The zero-order chi connectivity index (χ0) is 10.8. The van der Waals surface area contributed by atoms with Crippen molar-refractivity contribution in [3.63, 3.8) is 0 Å². The van der Waals surface area contributed by atoms with Crippen molar-refractivity contribution in [3.8, 4) is 0 Å². The summed E-state index contributed by atoms with van der Waals surface area (Å²) >= 11 is 0. The van der Waals surface area contributed by atoms with E-state index in [9.17, 15) is 0 Å². The molecule has 0 spiro atoms. The molecule has 0 aromatic carbocycles. The van der Waals surface area contributed by atoms with E-state index in [1.807, 2.05) is 0 Å². The van der Waals surface area contributed by atoms with Gasteiger partial charge in [0, 0.05) is 13.0 Å². The number of aryl methyl sites for hydroxylation is 1. The molecule has 1 aromatic rings. The third-order valence-corrected chi connectivity index (χ3v) is 2.88. The van der Waals surface area contributed by atoms with Gasteiger partial charge >= 0.3 is 0 Å². The van der Waals surface area contributed by atoms with Crippen LogP contribution in [0, 0.1) is 0 Å². The molecule has 0 fully saturated rings. The quantitative estimate of drug-likeness (QED) is 0.800. The Hall–Kier alpha value is -0.960. The number of hydrogen-bond donors (Lipinski definition) is 1. The molecule has 1 aliphatic rings. The van der Waals surface area contributed by atoms with Gasteiger partial charge in [0.1, 0.15) is 5.82 Å². The van der Waals surface area contributed by atoms with Gasteiger partial charge in [-0.15, -0.1) is 0 Å². The summed E-state index contributed by atoms with van der Waals surface area (Å²) < 4.78 is 0. The Balaban J connectivity index is 2.50. The first-order chi connectivity index (χ1) is 7.22. The van der Waals surface area contributed by atoms with Gasteiger partial charge in [0.15, 0.2) is 0 Å². The number of rotatable bonds is 2. The van der Waals surface area contributed by atoms with E-state index in [2.05, 4.69) is 36.1 Å². The highest BCUT2D eigenvalue weighted by Gasteiger charge is 2.18. The normalized spacial score (nSPS) is 15.5. The van der Waals surface area contributed by atoms with Crippen LogP contribution in [0.5, 0.6) is 0 Å². The van der Waals surface area contributed by atoms with Crippen LogP contribution in [0.3, 0.4) is 0 Å². The van der Waals surface area contributed by atoms with E-state index < -0.39 is 0 Å². The van der Waals surface area contributed by atoms with E-state index in [-0.39, 0.29) is 0 Å². The molecule has 0 amide bonds. The summed E-state index contributed by atoms with van der Waals surface area (Å²) in [6.07, 6.45) is 2.00. The highest BCUT2D eigenvalue weighted by Crippen LogP contribution is 2.22. The van der Waals surface area contributed by atoms with Gasteiger partial charge in [-0.25, -0.2) is 9.97 Å². The van der Waals surface area contributed by atoms with Gasteiger partial charge in [-0.05, 0) is 24.4 Å². The largest absolute Gasteiger partial charge is 0.311 e. The highest BCUT2D eigenvalue weighted by molar-refractivity contribution is 5.30. The van der Waals surface area contributed by atoms with Crippen LogP contribution in [0.2, 0.25) is 0 Å². The van der Waals surface area contributed by atoms with Crippen LogP contribution in [-0.4, -0.2) is 16.5 Å². The molecule has 3 nitrogen and oxygen atoms in total.